The molecule has 19 heavy (non-hydrogen) atoms. The van der Waals surface area contributed by atoms with Crippen LogP contribution >= 0.6 is 0 Å². The van der Waals surface area contributed by atoms with E-state index >= 15 is 0 Å². The van der Waals surface area contributed by atoms with Gasteiger partial charge in [-0.05, 0) is 19.5 Å². The molecule has 0 amide bonds. The Morgan fingerprint density at radius 1 is 1.42 bits per heavy atom. The van der Waals surface area contributed by atoms with Crippen LogP contribution in [0.5, 0.6) is 5.75 Å². The zero-order valence-corrected chi connectivity index (χ0v) is 12.0. The third-order valence-corrected chi connectivity index (χ3v) is 3.30. The largest absolute Gasteiger partial charge is 0.496 e. The van der Waals surface area contributed by atoms with Gasteiger partial charge in [-0.1, -0.05) is 25.1 Å². The standard InChI is InChI=1S/C15H23N3O/c1-4-18(11-12(2)9-16)14(10-17)13-7-5-6-8-15(13)19-3/h5-8,12,14H,4,10-11,17H2,1-3H3. The lowest BCUT2D eigenvalue weighted by Gasteiger charge is -2.31. The number of nitrogens with zero attached hydrogens (tertiary/aromatic N) is 2. The number of ether oxygens (including phenoxy) is 1. The highest BCUT2D eigenvalue weighted by Gasteiger charge is 2.22. The average molecular weight is 261 g/mol. The van der Waals surface area contributed by atoms with E-state index in [0.717, 1.165) is 17.9 Å². The van der Waals surface area contributed by atoms with Crippen LogP contribution in [0.1, 0.15) is 25.5 Å². The molecular formula is C15H23N3O. The van der Waals surface area contributed by atoms with Crippen molar-refractivity contribution >= 4 is 0 Å². The molecule has 0 saturated heterocycles. The Morgan fingerprint density at radius 2 is 2.11 bits per heavy atom. The first-order chi connectivity index (χ1) is 9.17. The zero-order valence-electron chi connectivity index (χ0n) is 12.0. The number of hydrogen-bond donors (Lipinski definition) is 1. The Balaban J connectivity index is 3.00. The predicted octanol–water partition coefficient (Wildman–Crippen LogP) is 2.18. The van der Waals surface area contributed by atoms with E-state index in [4.69, 9.17) is 15.7 Å². The fourth-order valence-corrected chi connectivity index (χ4v) is 2.28. The molecule has 2 unspecified atom stereocenters. The van der Waals surface area contributed by atoms with E-state index in [-0.39, 0.29) is 12.0 Å². The molecule has 0 heterocycles. The molecule has 1 rings (SSSR count). The molecule has 1 aromatic carbocycles. The topological polar surface area (TPSA) is 62.3 Å². The lowest BCUT2D eigenvalue weighted by Crippen LogP contribution is -2.36. The Morgan fingerprint density at radius 3 is 2.63 bits per heavy atom. The maximum Gasteiger partial charge on any atom is 0.123 e. The second kappa shape index (κ2) is 7.78. The maximum atomic E-state index is 8.97. The van der Waals surface area contributed by atoms with Crippen LogP contribution in [0.15, 0.2) is 24.3 Å². The van der Waals surface area contributed by atoms with E-state index in [0.29, 0.717) is 13.1 Å². The summed E-state index contributed by atoms with van der Waals surface area (Å²) in [4.78, 5) is 2.23. The van der Waals surface area contributed by atoms with Crippen molar-refractivity contribution in [1.82, 2.24) is 4.90 Å². The number of para-hydroxylation sites is 1. The van der Waals surface area contributed by atoms with Crippen molar-refractivity contribution in [2.75, 3.05) is 26.7 Å². The van der Waals surface area contributed by atoms with Gasteiger partial charge in [0.1, 0.15) is 5.75 Å². The lowest BCUT2D eigenvalue weighted by molar-refractivity contribution is 0.194. The summed E-state index contributed by atoms with van der Waals surface area (Å²) in [6, 6.07) is 10.3. The van der Waals surface area contributed by atoms with E-state index in [9.17, 15) is 0 Å². The third kappa shape index (κ3) is 3.95. The van der Waals surface area contributed by atoms with Crippen molar-refractivity contribution in [3.8, 4) is 11.8 Å². The quantitative estimate of drug-likeness (QED) is 0.817. The molecule has 0 saturated carbocycles. The van der Waals surface area contributed by atoms with Crippen molar-refractivity contribution < 1.29 is 4.74 Å². The highest BCUT2D eigenvalue weighted by atomic mass is 16.5. The molecule has 0 spiro atoms. The van der Waals surface area contributed by atoms with Gasteiger partial charge in [0.05, 0.1) is 25.1 Å². The first kappa shape index (κ1) is 15.5. The minimum atomic E-state index is -0.0105. The minimum absolute atomic E-state index is 0.0105. The normalized spacial score (nSPS) is 13.9. The van der Waals surface area contributed by atoms with Gasteiger partial charge in [0.2, 0.25) is 0 Å². The monoisotopic (exact) mass is 261 g/mol. The van der Waals surface area contributed by atoms with Crippen molar-refractivity contribution in [2.24, 2.45) is 11.7 Å². The fraction of sp³-hybridized carbons (Fsp3) is 0.533. The molecule has 0 radical (unpaired) electrons. The van der Waals surface area contributed by atoms with Crippen LogP contribution in [0, 0.1) is 17.2 Å². The lowest BCUT2D eigenvalue weighted by atomic mass is 10.0. The van der Waals surface area contributed by atoms with Crippen LogP contribution in [-0.2, 0) is 0 Å². The van der Waals surface area contributed by atoms with Gasteiger partial charge in [-0.15, -0.1) is 0 Å². The van der Waals surface area contributed by atoms with Gasteiger partial charge in [0, 0.05) is 18.7 Å². The molecular weight excluding hydrogens is 238 g/mol. The van der Waals surface area contributed by atoms with Crippen molar-refractivity contribution in [3.63, 3.8) is 0 Å². The molecule has 0 aliphatic heterocycles. The van der Waals surface area contributed by atoms with Crippen LogP contribution in [-0.4, -0.2) is 31.6 Å². The van der Waals surface area contributed by atoms with Crippen LogP contribution in [0.3, 0.4) is 0 Å². The fourth-order valence-electron chi connectivity index (χ4n) is 2.28. The van der Waals surface area contributed by atoms with Gasteiger partial charge in [0.25, 0.3) is 0 Å². The Kier molecular flexibility index (Phi) is 6.34. The number of rotatable bonds is 7. The molecule has 104 valence electrons. The van der Waals surface area contributed by atoms with Crippen LogP contribution in [0.4, 0.5) is 0 Å². The Labute approximate surface area is 115 Å². The minimum Gasteiger partial charge on any atom is -0.496 e. The highest BCUT2D eigenvalue weighted by Crippen LogP contribution is 2.28. The van der Waals surface area contributed by atoms with Crippen molar-refractivity contribution in [1.29, 1.82) is 5.26 Å². The molecule has 0 aromatic heterocycles. The van der Waals surface area contributed by atoms with E-state index in [1.165, 1.54) is 0 Å². The van der Waals surface area contributed by atoms with E-state index < -0.39 is 0 Å². The van der Waals surface area contributed by atoms with Crippen LogP contribution in [0.2, 0.25) is 0 Å². The molecule has 0 aliphatic rings. The van der Waals surface area contributed by atoms with E-state index in [2.05, 4.69) is 17.9 Å². The highest BCUT2D eigenvalue weighted by molar-refractivity contribution is 5.36. The molecule has 2 atom stereocenters. The molecule has 0 aliphatic carbocycles. The molecule has 1 aromatic rings. The number of nitrogens with two attached hydrogens (primary N) is 1. The summed E-state index contributed by atoms with van der Waals surface area (Å²) >= 11 is 0. The summed E-state index contributed by atoms with van der Waals surface area (Å²) in [7, 11) is 1.67. The average Bonchev–Trinajstić information content (AvgIpc) is 2.47. The Bertz CT molecular complexity index is 428. The van der Waals surface area contributed by atoms with Gasteiger partial charge in [-0.25, -0.2) is 0 Å². The zero-order chi connectivity index (χ0) is 14.3. The van der Waals surface area contributed by atoms with Gasteiger partial charge < -0.3 is 10.5 Å². The molecule has 0 fully saturated rings. The first-order valence-electron chi connectivity index (χ1n) is 6.64. The van der Waals surface area contributed by atoms with E-state index in [1.54, 1.807) is 7.11 Å². The Hall–Kier alpha value is -1.57. The summed E-state index contributed by atoms with van der Waals surface area (Å²) in [5.41, 5.74) is 7.02. The summed E-state index contributed by atoms with van der Waals surface area (Å²) in [6.45, 7) is 6.09. The smallest absolute Gasteiger partial charge is 0.123 e. The molecule has 4 nitrogen and oxygen atoms in total. The number of methoxy groups -OCH3 is 1. The second-order valence-electron chi connectivity index (χ2n) is 4.61. The summed E-state index contributed by atoms with van der Waals surface area (Å²) in [6.07, 6.45) is 0. The number of benzene rings is 1. The van der Waals surface area contributed by atoms with Crippen LogP contribution in [0.25, 0.3) is 0 Å². The van der Waals surface area contributed by atoms with Gasteiger partial charge in [0.15, 0.2) is 0 Å². The van der Waals surface area contributed by atoms with Crippen LogP contribution < -0.4 is 10.5 Å². The van der Waals surface area contributed by atoms with Gasteiger partial charge in [-0.3, -0.25) is 4.90 Å². The van der Waals surface area contributed by atoms with E-state index in [1.807, 2.05) is 31.2 Å². The summed E-state index contributed by atoms with van der Waals surface area (Å²) < 4.78 is 5.41. The SMILES string of the molecule is CCN(CC(C)C#N)C(CN)c1ccccc1OC. The summed E-state index contributed by atoms with van der Waals surface area (Å²) in [5, 5.41) is 8.97. The number of nitriles is 1. The van der Waals surface area contributed by atoms with Gasteiger partial charge >= 0.3 is 0 Å². The van der Waals surface area contributed by atoms with Crippen molar-refractivity contribution in [2.45, 2.75) is 19.9 Å². The molecule has 0 bridgehead atoms. The maximum absolute atomic E-state index is 8.97. The predicted molar refractivity (Wildman–Crippen MR) is 76.8 cm³/mol. The molecule has 4 heteroatoms. The van der Waals surface area contributed by atoms with Gasteiger partial charge in [-0.2, -0.15) is 5.26 Å². The number of likely N-dealkylation sites (N-methyl/N-ethyl adjacent to an activating group) is 1. The number of hydrogen-bond acceptors (Lipinski definition) is 4. The second-order valence-corrected chi connectivity index (χ2v) is 4.61. The summed E-state index contributed by atoms with van der Waals surface area (Å²) in [5.74, 6) is 0.838. The third-order valence-electron chi connectivity index (χ3n) is 3.30. The first-order valence-corrected chi connectivity index (χ1v) is 6.64. The van der Waals surface area contributed by atoms with Crippen molar-refractivity contribution in [3.05, 3.63) is 29.8 Å². The molecule has 2 N–H and O–H groups in total.